The van der Waals surface area contributed by atoms with E-state index >= 15 is 0 Å². The lowest BCUT2D eigenvalue weighted by molar-refractivity contribution is -0.189. The van der Waals surface area contributed by atoms with Crippen LogP contribution in [-0.4, -0.2) is 52.0 Å². The summed E-state index contributed by atoms with van der Waals surface area (Å²) in [5.41, 5.74) is 7.53. The van der Waals surface area contributed by atoms with Crippen molar-refractivity contribution in [3.05, 3.63) is 23.3 Å². The molecule has 1 unspecified atom stereocenters. The Labute approximate surface area is 159 Å². The van der Waals surface area contributed by atoms with Crippen molar-refractivity contribution in [3.63, 3.8) is 0 Å². The molecule has 0 amide bonds. The van der Waals surface area contributed by atoms with Gasteiger partial charge in [-0.3, -0.25) is 4.90 Å². The maximum Gasteiger partial charge on any atom is 0.165 e. The van der Waals surface area contributed by atoms with E-state index in [4.69, 9.17) is 10.5 Å². The van der Waals surface area contributed by atoms with E-state index in [0.29, 0.717) is 5.75 Å². The number of nitrogens with zero attached hydrogens (tertiary/aromatic N) is 1. The molecule has 2 saturated carbocycles. The van der Waals surface area contributed by atoms with Gasteiger partial charge < -0.3 is 33.1 Å². The molecular formula is C20H26ClN2O3-. The summed E-state index contributed by atoms with van der Waals surface area (Å²) in [5.74, 6) is 1.60. The van der Waals surface area contributed by atoms with Crippen LogP contribution in [-0.2, 0) is 11.8 Å². The predicted molar refractivity (Wildman–Crippen MR) is 92.8 cm³/mol. The molecule has 26 heavy (non-hydrogen) atoms. The van der Waals surface area contributed by atoms with Crippen LogP contribution in [0, 0.1) is 5.92 Å². The Bertz CT molecular complexity index is 770. The van der Waals surface area contributed by atoms with Gasteiger partial charge in [0.25, 0.3) is 0 Å². The lowest BCUT2D eigenvalue weighted by Crippen LogP contribution is -3.00. The number of nitrogens with two attached hydrogens (primary N) is 1. The van der Waals surface area contributed by atoms with Crippen LogP contribution in [0.15, 0.2) is 12.1 Å². The van der Waals surface area contributed by atoms with Gasteiger partial charge in [0, 0.05) is 24.2 Å². The Kier molecular flexibility index (Phi) is 3.48. The lowest BCUT2D eigenvalue weighted by atomic mass is 9.48. The van der Waals surface area contributed by atoms with Crippen LogP contribution in [0.2, 0.25) is 0 Å². The lowest BCUT2D eigenvalue weighted by Gasteiger charge is -2.64. The minimum absolute atomic E-state index is 0. The zero-order valence-electron chi connectivity index (χ0n) is 14.8. The molecular weight excluding hydrogens is 352 g/mol. The Morgan fingerprint density at radius 3 is 2.81 bits per heavy atom. The number of hydrogen-bond acceptors (Lipinski definition) is 5. The summed E-state index contributed by atoms with van der Waals surface area (Å²) in [6.07, 6.45) is 5.66. The Morgan fingerprint density at radius 2 is 2.04 bits per heavy atom. The van der Waals surface area contributed by atoms with Crippen LogP contribution in [0.5, 0.6) is 11.5 Å². The fraction of sp³-hybridized carbons (Fsp3) is 0.700. The first kappa shape index (κ1) is 17.1. The topological polar surface area (TPSA) is 79.0 Å². The zero-order chi connectivity index (χ0) is 17.0. The summed E-state index contributed by atoms with van der Waals surface area (Å²) >= 11 is 0. The highest BCUT2D eigenvalue weighted by atomic mass is 35.5. The number of piperidine rings is 1. The first-order valence-corrected chi connectivity index (χ1v) is 9.78. The molecule has 3 aliphatic carbocycles. The van der Waals surface area contributed by atoms with Gasteiger partial charge >= 0.3 is 0 Å². The molecule has 142 valence electrons. The monoisotopic (exact) mass is 377 g/mol. The average molecular weight is 378 g/mol. The first-order valence-electron chi connectivity index (χ1n) is 9.78. The van der Waals surface area contributed by atoms with Crippen molar-refractivity contribution in [2.24, 2.45) is 11.7 Å². The number of aliphatic hydroxyl groups is 1. The Hall–Kier alpha value is -1.01. The second-order valence-corrected chi connectivity index (χ2v) is 8.99. The van der Waals surface area contributed by atoms with E-state index in [1.807, 2.05) is 6.07 Å². The molecule has 1 spiro atoms. The van der Waals surface area contributed by atoms with Crippen LogP contribution in [0.4, 0.5) is 0 Å². The molecule has 0 radical (unpaired) electrons. The van der Waals surface area contributed by atoms with E-state index in [-0.39, 0.29) is 36.3 Å². The molecule has 2 aliphatic heterocycles. The summed E-state index contributed by atoms with van der Waals surface area (Å²) in [6.45, 7) is 2.10. The third kappa shape index (κ3) is 1.83. The van der Waals surface area contributed by atoms with Gasteiger partial charge in [0.05, 0.1) is 11.0 Å². The number of benzene rings is 1. The van der Waals surface area contributed by atoms with Crippen molar-refractivity contribution in [3.8, 4) is 11.5 Å². The standard InChI is InChI=1S/C20H26N2O3.ClH/c21-13-5-6-20(24)15-9-12-3-4-14(23)17-16(12)19(20,18(13)25-17)7-8-22(15)10-11-1-2-11;/h3-4,11,13,15,18,23-24H,1-2,5-10,21H2;1H/p-1/t13-,15-,18?,19+,20-;/m1./s1. The molecule has 5 nitrogen and oxygen atoms in total. The van der Waals surface area contributed by atoms with Crippen molar-refractivity contribution in [2.75, 3.05) is 13.1 Å². The number of halogens is 1. The molecule has 1 saturated heterocycles. The molecule has 1 aromatic carbocycles. The average Bonchev–Trinajstić information content (AvgIpc) is 3.32. The molecule has 5 atom stereocenters. The van der Waals surface area contributed by atoms with Gasteiger partial charge in [-0.1, -0.05) is 6.07 Å². The molecule has 4 N–H and O–H groups in total. The van der Waals surface area contributed by atoms with Gasteiger partial charge in [-0.2, -0.15) is 0 Å². The van der Waals surface area contributed by atoms with E-state index < -0.39 is 11.0 Å². The van der Waals surface area contributed by atoms with E-state index in [1.165, 1.54) is 18.4 Å². The van der Waals surface area contributed by atoms with Crippen LogP contribution in [0.1, 0.15) is 43.2 Å². The molecule has 3 fully saturated rings. The second kappa shape index (κ2) is 5.28. The fourth-order valence-corrected chi connectivity index (χ4v) is 6.52. The van der Waals surface area contributed by atoms with Crippen molar-refractivity contribution in [2.45, 2.75) is 67.7 Å². The fourth-order valence-electron chi connectivity index (χ4n) is 6.52. The number of rotatable bonds is 2. The van der Waals surface area contributed by atoms with Crippen LogP contribution in [0.25, 0.3) is 0 Å². The Morgan fingerprint density at radius 1 is 1.23 bits per heavy atom. The summed E-state index contributed by atoms with van der Waals surface area (Å²) in [5, 5.41) is 22.5. The van der Waals surface area contributed by atoms with Crippen molar-refractivity contribution < 1.29 is 27.4 Å². The molecule has 2 bridgehead atoms. The third-order valence-corrected chi connectivity index (χ3v) is 7.81. The predicted octanol–water partition coefficient (Wildman–Crippen LogP) is -1.71. The number of aromatic hydroxyl groups is 1. The van der Waals surface area contributed by atoms with Gasteiger partial charge in [-0.05, 0) is 62.6 Å². The van der Waals surface area contributed by atoms with Gasteiger partial charge in [0.15, 0.2) is 11.5 Å². The van der Waals surface area contributed by atoms with Crippen molar-refractivity contribution in [1.82, 2.24) is 4.90 Å². The summed E-state index contributed by atoms with van der Waals surface area (Å²) in [4.78, 5) is 2.55. The number of phenolic OH excluding ortho intramolecular Hbond substituents is 1. The summed E-state index contributed by atoms with van der Waals surface area (Å²) in [7, 11) is 0. The van der Waals surface area contributed by atoms with Crippen molar-refractivity contribution in [1.29, 1.82) is 0 Å². The van der Waals surface area contributed by atoms with Gasteiger partial charge in [-0.25, -0.2) is 0 Å². The highest BCUT2D eigenvalue weighted by molar-refractivity contribution is 5.62. The number of likely N-dealkylation sites (tertiary alicyclic amines) is 1. The van der Waals surface area contributed by atoms with Gasteiger partial charge in [-0.15, -0.1) is 0 Å². The van der Waals surface area contributed by atoms with Crippen molar-refractivity contribution >= 4 is 0 Å². The minimum Gasteiger partial charge on any atom is -1.00 e. The molecule has 6 heteroatoms. The zero-order valence-corrected chi connectivity index (χ0v) is 15.6. The summed E-state index contributed by atoms with van der Waals surface area (Å²) < 4.78 is 6.26. The number of phenols is 1. The van der Waals surface area contributed by atoms with E-state index in [0.717, 1.165) is 50.3 Å². The van der Waals surface area contributed by atoms with Gasteiger partial charge in [0.1, 0.15) is 6.10 Å². The van der Waals surface area contributed by atoms with E-state index in [2.05, 4.69) is 4.90 Å². The SMILES string of the molecule is N[C@@H]1CC[C@@]2(O)[C@H]3Cc4ccc(O)c5c4[C@@]2(CCN3CC2CC2)C1O5.[Cl-]. The van der Waals surface area contributed by atoms with Gasteiger partial charge in [0.2, 0.25) is 0 Å². The second-order valence-electron chi connectivity index (χ2n) is 8.99. The van der Waals surface area contributed by atoms with E-state index in [9.17, 15) is 10.2 Å². The molecule has 0 aromatic heterocycles. The third-order valence-electron chi connectivity index (χ3n) is 7.81. The maximum absolute atomic E-state index is 12.1. The van der Waals surface area contributed by atoms with E-state index in [1.54, 1.807) is 6.07 Å². The summed E-state index contributed by atoms with van der Waals surface area (Å²) in [6, 6.07) is 3.84. The maximum atomic E-state index is 12.1. The minimum atomic E-state index is -0.799. The number of hydrogen-bond donors (Lipinski definition) is 3. The van der Waals surface area contributed by atoms with Crippen LogP contribution < -0.4 is 22.9 Å². The first-order chi connectivity index (χ1) is 12.0. The number of ether oxygens (including phenoxy) is 1. The molecule has 1 aromatic rings. The Balaban J connectivity index is 0.00000150. The largest absolute Gasteiger partial charge is 1.00 e. The smallest absolute Gasteiger partial charge is 0.165 e. The molecule has 2 heterocycles. The van der Waals surface area contributed by atoms with Crippen LogP contribution >= 0.6 is 0 Å². The highest BCUT2D eigenvalue weighted by Crippen LogP contribution is 2.65. The normalized spacial score (nSPS) is 42.6. The van der Waals surface area contributed by atoms with Crippen LogP contribution in [0.3, 0.4) is 0 Å². The quantitative estimate of drug-likeness (QED) is 0.572. The highest BCUT2D eigenvalue weighted by Gasteiger charge is 2.72. The molecule has 6 rings (SSSR count). The molecule has 5 aliphatic rings.